The quantitative estimate of drug-likeness (QED) is 0.389. The Bertz CT molecular complexity index is 1080. The summed E-state index contributed by atoms with van der Waals surface area (Å²) < 4.78 is 0. The molecule has 0 aromatic heterocycles. The van der Waals surface area contributed by atoms with Crippen LogP contribution in [0, 0.1) is 0 Å². The number of carboxylic acids is 1. The average Bonchev–Trinajstić information content (AvgIpc) is 2.85. The van der Waals surface area contributed by atoms with E-state index in [-0.39, 0.29) is 12.8 Å². The van der Waals surface area contributed by atoms with Gasteiger partial charge in [-0.15, -0.1) is 11.8 Å². The van der Waals surface area contributed by atoms with Crippen LogP contribution in [0.2, 0.25) is 0 Å². The minimum absolute atomic E-state index is 0.000415. The average molecular weight is 463 g/mol. The predicted molar refractivity (Wildman–Crippen MR) is 130 cm³/mol. The number of carbonyl (C=O) groups excluding carboxylic acids is 2. The maximum absolute atomic E-state index is 12.8. The van der Waals surface area contributed by atoms with Crippen LogP contribution in [0.15, 0.2) is 83.8 Å². The molecule has 3 rings (SSSR count). The van der Waals surface area contributed by atoms with Crippen molar-refractivity contribution in [3.05, 3.63) is 90.0 Å². The zero-order valence-corrected chi connectivity index (χ0v) is 19.1. The number of aliphatic carboxylic acids is 1. The standard InChI is InChI=1S/C26H26N2O4S/c1-33-22-13-7-18(8-14-22)17-27-26(32)23(15-16-24(29)30)28-25(31)21-11-9-20(10-12-21)19-5-3-2-4-6-19/h2-14,23H,15-17H2,1H3,(H,27,32)(H,28,31)(H,29,30)/t23-/m0/s1. The molecule has 170 valence electrons. The molecule has 3 aromatic carbocycles. The summed E-state index contributed by atoms with van der Waals surface area (Å²) in [6.45, 7) is 0.290. The van der Waals surface area contributed by atoms with E-state index in [2.05, 4.69) is 10.6 Å². The molecule has 0 bridgehead atoms. The molecule has 0 aliphatic heterocycles. The smallest absolute Gasteiger partial charge is 0.303 e. The van der Waals surface area contributed by atoms with Crippen molar-refractivity contribution in [1.29, 1.82) is 0 Å². The van der Waals surface area contributed by atoms with E-state index in [4.69, 9.17) is 5.11 Å². The SMILES string of the molecule is CSc1ccc(CNC(=O)[C@H](CCC(=O)O)NC(=O)c2ccc(-c3ccccc3)cc2)cc1. The molecule has 0 aliphatic carbocycles. The Kier molecular flexibility index (Phi) is 8.66. The number of benzene rings is 3. The van der Waals surface area contributed by atoms with Crippen LogP contribution in [0.4, 0.5) is 0 Å². The van der Waals surface area contributed by atoms with Crippen LogP contribution >= 0.6 is 11.8 Å². The Morgan fingerprint density at radius 1 is 0.879 bits per heavy atom. The summed E-state index contributed by atoms with van der Waals surface area (Å²) in [5.74, 6) is -1.87. The molecule has 33 heavy (non-hydrogen) atoms. The maximum Gasteiger partial charge on any atom is 0.303 e. The number of hydrogen-bond acceptors (Lipinski definition) is 4. The first-order valence-electron chi connectivity index (χ1n) is 10.5. The molecule has 0 aliphatic rings. The summed E-state index contributed by atoms with van der Waals surface area (Å²) in [6.07, 6.45) is 1.76. The summed E-state index contributed by atoms with van der Waals surface area (Å²) in [6, 6.07) is 23.7. The van der Waals surface area contributed by atoms with E-state index in [0.29, 0.717) is 12.1 Å². The van der Waals surface area contributed by atoms with E-state index in [1.54, 1.807) is 23.9 Å². The van der Waals surface area contributed by atoms with E-state index >= 15 is 0 Å². The lowest BCUT2D eigenvalue weighted by Crippen LogP contribution is -2.46. The summed E-state index contributed by atoms with van der Waals surface area (Å²) in [7, 11) is 0. The first kappa shape index (κ1) is 24.1. The van der Waals surface area contributed by atoms with Gasteiger partial charge >= 0.3 is 5.97 Å². The van der Waals surface area contributed by atoms with Crippen molar-refractivity contribution in [1.82, 2.24) is 10.6 Å². The van der Waals surface area contributed by atoms with Crippen LogP contribution < -0.4 is 10.6 Å². The number of rotatable bonds is 10. The molecule has 0 saturated heterocycles. The highest BCUT2D eigenvalue weighted by atomic mass is 32.2. The minimum Gasteiger partial charge on any atom is -0.481 e. The molecule has 2 amide bonds. The third-order valence-electron chi connectivity index (χ3n) is 5.15. The van der Waals surface area contributed by atoms with Crippen molar-refractivity contribution >= 4 is 29.5 Å². The lowest BCUT2D eigenvalue weighted by Gasteiger charge is -2.18. The van der Waals surface area contributed by atoms with Crippen molar-refractivity contribution in [3.63, 3.8) is 0 Å². The number of carboxylic acid groups (broad SMARTS) is 1. The van der Waals surface area contributed by atoms with Crippen molar-refractivity contribution in [2.45, 2.75) is 30.3 Å². The fourth-order valence-electron chi connectivity index (χ4n) is 3.28. The Hall–Kier alpha value is -3.58. The number of amides is 2. The molecule has 3 N–H and O–H groups in total. The number of hydrogen-bond donors (Lipinski definition) is 3. The second kappa shape index (κ2) is 11.9. The van der Waals surface area contributed by atoms with Crippen LogP contribution in [-0.2, 0) is 16.1 Å². The molecule has 1 atom stereocenters. The van der Waals surface area contributed by atoms with Gasteiger partial charge in [0.25, 0.3) is 5.91 Å². The van der Waals surface area contributed by atoms with Crippen molar-refractivity contribution in [3.8, 4) is 11.1 Å². The van der Waals surface area contributed by atoms with Gasteiger partial charge in [-0.05, 0) is 53.6 Å². The molecule has 3 aromatic rings. The van der Waals surface area contributed by atoms with Gasteiger partial charge in [-0.2, -0.15) is 0 Å². The highest BCUT2D eigenvalue weighted by Gasteiger charge is 2.22. The molecule has 0 heterocycles. The largest absolute Gasteiger partial charge is 0.481 e. The maximum atomic E-state index is 12.8. The minimum atomic E-state index is -1.03. The van der Waals surface area contributed by atoms with Crippen molar-refractivity contribution in [2.24, 2.45) is 0 Å². The van der Waals surface area contributed by atoms with Crippen LogP contribution in [0.5, 0.6) is 0 Å². The monoisotopic (exact) mass is 462 g/mol. The molecule has 7 heteroatoms. The van der Waals surface area contributed by atoms with E-state index in [0.717, 1.165) is 21.6 Å². The number of carbonyl (C=O) groups is 3. The third kappa shape index (κ3) is 7.22. The summed E-state index contributed by atoms with van der Waals surface area (Å²) in [5.41, 5.74) is 3.32. The van der Waals surface area contributed by atoms with Gasteiger partial charge in [0.2, 0.25) is 5.91 Å². The molecule has 6 nitrogen and oxygen atoms in total. The van der Waals surface area contributed by atoms with Crippen LogP contribution in [-0.4, -0.2) is 35.2 Å². The Labute approximate surface area is 197 Å². The lowest BCUT2D eigenvalue weighted by molar-refractivity contribution is -0.137. The van der Waals surface area contributed by atoms with Gasteiger partial charge in [0, 0.05) is 23.4 Å². The second-order valence-corrected chi connectivity index (χ2v) is 8.35. The normalized spacial score (nSPS) is 11.4. The molecule has 0 fully saturated rings. The predicted octanol–water partition coefficient (Wildman–Crippen LogP) is 4.36. The van der Waals surface area contributed by atoms with Crippen molar-refractivity contribution in [2.75, 3.05) is 6.26 Å². The fourth-order valence-corrected chi connectivity index (χ4v) is 3.69. The van der Waals surface area contributed by atoms with Crippen LogP contribution in [0.25, 0.3) is 11.1 Å². The molecule has 0 radical (unpaired) electrons. The van der Waals surface area contributed by atoms with Crippen molar-refractivity contribution < 1.29 is 19.5 Å². The van der Waals surface area contributed by atoms with E-state index in [1.165, 1.54) is 0 Å². The number of nitrogens with one attached hydrogen (secondary N) is 2. The second-order valence-electron chi connectivity index (χ2n) is 7.47. The topological polar surface area (TPSA) is 95.5 Å². The summed E-state index contributed by atoms with van der Waals surface area (Å²) >= 11 is 1.63. The Morgan fingerprint density at radius 3 is 2.12 bits per heavy atom. The van der Waals surface area contributed by atoms with Crippen LogP contribution in [0.3, 0.4) is 0 Å². The third-order valence-corrected chi connectivity index (χ3v) is 5.89. The lowest BCUT2D eigenvalue weighted by atomic mass is 10.0. The zero-order valence-electron chi connectivity index (χ0n) is 18.3. The van der Waals surface area contributed by atoms with E-state index in [9.17, 15) is 14.4 Å². The van der Waals surface area contributed by atoms with E-state index < -0.39 is 23.8 Å². The molecule has 0 saturated carbocycles. The van der Waals surface area contributed by atoms with Crippen LogP contribution in [0.1, 0.15) is 28.8 Å². The molecule has 0 unspecified atom stereocenters. The Morgan fingerprint density at radius 2 is 1.52 bits per heavy atom. The van der Waals surface area contributed by atoms with Gasteiger partial charge < -0.3 is 15.7 Å². The highest BCUT2D eigenvalue weighted by Crippen LogP contribution is 2.19. The Balaban J connectivity index is 1.64. The highest BCUT2D eigenvalue weighted by molar-refractivity contribution is 7.98. The fraction of sp³-hybridized carbons (Fsp3) is 0.192. The van der Waals surface area contributed by atoms with E-state index in [1.807, 2.05) is 73.0 Å². The van der Waals surface area contributed by atoms with Gasteiger partial charge in [-0.3, -0.25) is 14.4 Å². The number of thioether (sulfide) groups is 1. The van der Waals surface area contributed by atoms with Gasteiger partial charge in [0.15, 0.2) is 0 Å². The van der Waals surface area contributed by atoms with Gasteiger partial charge in [-0.25, -0.2) is 0 Å². The molecular formula is C26H26N2O4S. The summed E-state index contributed by atoms with van der Waals surface area (Å²) in [5, 5.41) is 14.5. The van der Waals surface area contributed by atoms with Gasteiger partial charge in [0.05, 0.1) is 0 Å². The summed E-state index contributed by atoms with van der Waals surface area (Å²) in [4.78, 5) is 37.7. The molecular weight excluding hydrogens is 436 g/mol. The first-order chi connectivity index (χ1) is 16.0. The zero-order chi connectivity index (χ0) is 23.6. The molecule has 0 spiro atoms. The van der Waals surface area contributed by atoms with Gasteiger partial charge in [0.1, 0.15) is 6.04 Å². The van der Waals surface area contributed by atoms with Gasteiger partial charge in [-0.1, -0.05) is 54.6 Å². The first-order valence-corrected chi connectivity index (χ1v) is 11.8.